The number of methoxy groups -OCH3 is 1. The van der Waals surface area contributed by atoms with E-state index in [1.807, 2.05) is 25.1 Å². The summed E-state index contributed by atoms with van der Waals surface area (Å²) in [4.78, 5) is 63.7. The predicted molar refractivity (Wildman–Crippen MR) is 214 cm³/mol. The van der Waals surface area contributed by atoms with Gasteiger partial charge in [-0.05, 0) is 93.9 Å². The summed E-state index contributed by atoms with van der Waals surface area (Å²) in [7, 11) is 1.07. The lowest BCUT2D eigenvalue weighted by Crippen LogP contribution is -2.60. The smallest absolute Gasteiger partial charge is 0.425 e. The maximum atomic E-state index is 14.8. The van der Waals surface area contributed by atoms with Gasteiger partial charge in [0, 0.05) is 31.8 Å². The molecule has 2 saturated carbocycles. The minimum atomic E-state index is -4.83. The molecule has 16 nitrogen and oxygen atoms in total. The van der Waals surface area contributed by atoms with E-state index >= 15 is 0 Å². The highest BCUT2D eigenvalue weighted by Gasteiger charge is 2.63. The number of anilines is 1. The van der Waals surface area contributed by atoms with Crippen molar-refractivity contribution >= 4 is 50.4 Å². The topological polar surface area (TPSA) is 198 Å². The van der Waals surface area contributed by atoms with E-state index < -0.39 is 86.4 Å². The molecule has 4 amide bonds. The highest BCUT2D eigenvalue weighted by atomic mass is 32.2. The Bertz CT molecular complexity index is 2130. The zero-order valence-electron chi connectivity index (χ0n) is 34.7. The van der Waals surface area contributed by atoms with Crippen molar-refractivity contribution in [3.63, 3.8) is 0 Å². The fourth-order valence-corrected chi connectivity index (χ4v) is 9.10. The quantitative estimate of drug-likeness (QED) is 0.198. The third-order valence-corrected chi connectivity index (χ3v) is 14.2. The monoisotopic (exact) mass is 865 g/mol. The Morgan fingerprint density at radius 2 is 1.83 bits per heavy atom. The molecule has 20 heteroatoms. The minimum absolute atomic E-state index is 0.00735. The molecule has 3 fully saturated rings. The average molecular weight is 866 g/mol. The van der Waals surface area contributed by atoms with Crippen LogP contribution in [0, 0.1) is 17.8 Å². The number of hydrogen-bond acceptors (Lipinski definition) is 12. The summed E-state index contributed by atoms with van der Waals surface area (Å²) in [6.07, 6.45) is -3.47. The highest BCUT2D eigenvalue weighted by molar-refractivity contribution is 7.91. The van der Waals surface area contributed by atoms with Gasteiger partial charge in [0.1, 0.15) is 35.3 Å². The number of halogens is 3. The van der Waals surface area contributed by atoms with Gasteiger partial charge in [0.05, 0.1) is 18.4 Å². The van der Waals surface area contributed by atoms with Crippen LogP contribution in [0.1, 0.15) is 72.6 Å². The minimum Gasteiger partial charge on any atom is -0.497 e. The number of nitrogens with zero attached hydrogens (tertiary/aromatic N) is 3. The first-order valence-electron chi connectivity index (χ1n) is 20.0. The number of rotatable bonds is 10. The van der Waals surface area contributed by atoms with E-state index in [1.54, 1.807) is 58.2 Å². The molecule has 330 valence electrons. The first-order chi connectivity index (χ1) is 28.1. The van der Waals surface area contributed by atoms with Gasteiger partial charge in [-0.3, -0.25) is 24.5 Å². The van der Waals surface area contributed by atoms with Crippen LogP contribution in [0.15, 0.2) is 36.4 Å². The van der Waals surface area contributed by atoms with Crippen LogP contribution < -0.4 is 35.3 Å². The molecule has 60 heavy (non-hydrogen) atoms. The summed E-state index contributed by atoms with van der Waals surface area (Å²) < 4.78 is 83.6. The lowest BCUT2D eigenvalue weighted by molar-refractivity contribution is -0.197. The van der Waals surface area contributed by atoms with Crippen molar-refractivity contribution in [1.29, 1.82) is 0 Å². The number of hydrogen-bond donors (Lipinski definition) is 4. The molecule has 0 unspecified atom stereocenters. The van der Waals surface area contributed by atoms with Crippen molar-refractivity contribution < 1.29 is 55.0 Å². The zero-order chi connectivity index (χ0) is 43.9. The number of alkyl halides is 3. The van der Waals surface area contributed by atoms with Crippen molar-refractivity contribution in [2.75, 3.05) is 32.6 Å². The standard InChI is InChI=1S/C40H54F3N7O9S/c1-22-10-8-9-11-26-20-39(26,36(53)48-60(55,56)38(4)14-15-38)45-33(51)30-19-28(59-34-29-13-12-27(57-7)17-25(29)18-31(44-34)49(5)6)21-50(30)35(52)32(23(2)16-22)46-47-37(54)58-24(3)40(41,42)43/h9,11-13,17-18,22-24,26,28,30,32,46H,8,10,14-16,19-21H2,1-7H3,(H,45,51)(H,47,54)(H,48,53)/b11-9-/t22-,23+,24+,26+,28+,30-,32-,39+/m0/s1. The van der Waals surface area contributed by atoms with Crippen LogP contribution in [0.2, 0.25) is 0 Å². The summed E-state index contributed by atoms with van der Waals surface area (Å²) in [6, 6.07) is 4.62. The second-order valence-corrected chi connectivity index (χ2v) is 19.3. The molecule has 4 aliphatic rings. The van der Waals surface area contributed by atoms with Gasteiger partial charge in [0.2, 0.25) is 27.7 Å². The number of sulfonamides is 1. The molecule has 1 saturated heterocycles. The van der Waals surface area contributed by atoms with Crippen LogP contribution >= 0.6 is 0 Å². The number of benzene rings is 1. The molecule has 0 bridgehead atoms. The summed E-state index contributed by atoms with van der Waals surface area (Å²) >= 11 is 0. The zero-order valence-corrected chi connectivity index (χ0v) is 35.5. The predicted octanol–water partition coefficient (Wildman–Crippen LogP) is 4.09. The van der Waals surface area contributed by atoms with Gasteiger partial charge in [0.25, 0.3) is 5.91 Å². The molecule has 3 heterocycles. The van der Waals surface area contributed by atoms with E-state index in [2.05, 4.69) is 25.6 Å². The average Bonchev–Trinajstić information content (AvgIpc) is 4.05. The van der Waals surface area contributed by atoms with E-state index in [0.29, 0.717) is 56.0 Å². The first kappa shape index (κ1) is 44.7. The molecule has 0 spiro atoms. The number of carbonyl (C=O) groups is 4. The van der Waals surface area contributed by atoms with Crippen molar-refractivity contribution in [3.05, 3.63) is 36.4 Å². The molecule has 1 aromatic carbocycles. The normalized spacial score (nSPS) is 29.1. The number of hydrazine groups is 1. The Kier molecular flexibility index (Phi) is 12.6. The number of allylic oxidation sites excluding steroid dienone is 1. The maximum Gasteiger partial charge on any atom is 0.425 e. The van der Waals surface area contributed by atoms with Crippen LogP contribution in [0.5, 0.6) is 11.6 Å². The van der Waals surface area contributed by atoms with Crippen molar-refractivity contribution in [2.24, 2.45) is 17.8 Å². The van der Waals surface area contributed by atoms with Crippen molar-refractivity contribution in [3.8, 4) is 11.6 Å². The SMILES string of the molecule is COc1ccc2c(O[C@@H]3C[C@H]4C(=O)N[C@]5(C(=O)NS(=O)(=O)C6(C)CC6)C[C@H]5/C=C\CC[C@H](C)C[C@@H](C)[C@H](NNC(=O)O[C@H](C)C(F)(F)F)C(=O)N4C3)nc(N(C)C)cc2c1. The van der Waals surface area contributed by atoms with E-state index in [0.717, 1.165) is 5.39 Å². The van der Waals surface area contributed by atoms with E-state index in [4.69, 9.17) is 14.5 Å². The Morgan fingerprint density at radius 3 is 2.48 bits per heavy atom. The molecule has 6 rings (SSSR count). The highest BCUT2D eigenvalue weighted by Crippen LogP contribution is 2.48. The lowest BCUT2D eigenvalue weighted by Gasteiger charge is -2.33. The van der Waals surface area contributed by atoms with E-state index in [9.17, 15) is 40.8 Å². The van der Waals surface area contributed by atoms with Gasteiger partial charge in [-0.25, -0.2) is 18.6 Å². The Morgan fingerprint density at radius 1 is 1.12 bits per heavy atom. The molecule has 2 aliphatic heterocycles. The maximum absolute atomic E-state index is 14.8. The molecule has 8 atom stereocenters. The Hall–Kier alpha value is -4.85. The number of nitrogens with one attached hydrogen (secondary N) is 4. The van der Waals surface area contributed by atoms with Gasteiger partial charge in [-0.1, -0.05) is 26.0 Å². The molecule has 1 aromatic heterocycles. The summed E-state index contributed by atoms with van der Waals surface area (Å²) in [6.45, 7) is 5.76. The number of ether oxygens (including phenoxy) is 3. The number of amides is 4. The van der Waals surface area contributed by atoms with E-state index in [-0.39, 0.29) is 31.2 Å². The van der Waals surface area contributed by atoms with E-state index in [1.165, 1.54) is 4.90 Å². The third-order valence-electron chi connectivity index (χ3n) is 12.0. The number of fused-ring (bicyclic) bond motifs is 3. The summed E-state index contributed by atoms with van der Waals surface area (Å²) in [5.74, 6) is -2.03. The number of pyridine rings is 1. The van der Waals surface area contributed by atoms with Gasteiger partial charge >= 0.3 is 12.3 Å². The molecular formula is C40H54F3N7O9S. The van der Waals surface area contributed by atoms with Crippen molar-refractivity contribution in [2.45, 2.75) is 113 Å². The largest absolute Gasteiger partial charge is 0.497 e. The summed E-state index contributed by atoms with van der Waals surface area (Å²) in [5.41, 5.74) is 3.07. The second kappa shape index (κ2) is 16.9. The lowest BCUT2D eigenvalue weighted by atomic mass is 9.88. The fourth-order valence-electron chi connectivity index (χ4n) is 7.78. The van der Waals surface area contributed by atoms with Crippen LogP contribution in [0.3, 0.4) is 0 Å². The van der Waals surface area contributed by atoms with Gasteiger partial charge in [-0.2, -0.15) is 18.2 Å². The first-order valence-corrected chi connectivity index (χ1v) is 21.5. The Balaban J connectivity index is 1.35. The summed E-state index contributed by atoms with van der Waals surface area (Å²) in [5, 5.41) is 4.19. The van der Waals surface area contributed by atoms with Crippen LogP contribution in [0.25, 0.3) is 10.8 Å². The van der Waals surface area contributed by atoms with Crippen LogP contribution in [-0.2, 0) is 29.1 Å². The third kappa shape index (κ3) is 9.53. The molecule has 4 N–H and O–H groups in total. The molecule has 2 aromatic rings. The van der Waals surface area contributed by atoms with Crippen LogP contribution in [0.4, 0.5) is 23.8 Å². The van der Waals surface area contributed by atoms with Gasteiger partial charge < -0.3 is 29.3 Å². The van der Waals surface area contributed by atoms with Gasteiger partial charge in [0.15, 0.2) is 6.10 Å². The second-order valence-electron chi connectivity index (χ2n) is 17.1. The molecular weight excluding hydrogens is 812 g/mol. The molecule has 0 radical (unpaired) electrons. The number of carbonyl (C=O) groups excluding carboxylic acids is 4. The Labute approximate surface area is 347 Å². The molecule has 2 aliphatic carbocycles. The van der Waals surface area contributed by atoms with Crippen LogP contribution in [-0.4, -0.2) is 111 Å². The fraction of sp³-hybridized carbons (Fsp3) is 0.625. The number of aromatic nitrogens is 1. The van der Waals surface area contributed by atoms with Crippen molar-refractivity contribution in [1.82, 2.24) is 30.8 Å². The van der Waals surface area contributed by atoms with Gasteiger partial charge in [-0.15, -0.1) is 0 Å².